The molecule has 0 aromatic carbocycles. The minimum absolute atomic E-state index is 0.439. The van der Waals surface area contributed by atoms with Gasteiger partial charge in [0.1, 0.15) is 11.5 Å². The largest absolute Gasteiger partial charge is 0.383 e. The Balaban J connectivity index is 2.42. The summed E-state index contributed by atoms with van der Waals surface area (Å²) in [4.78, 5) is 8.44. The number of nitrogens with zero attached hydrogens (tertiary/aromatic N) is 4. The van der Waals surface area contributed by atoms with Gasteiger partial charge in [0, 0.05) is 18.9 Å². The van der Waals surface area contributed by atoms with E-state index in [2.05, 4.69) is 37.9 Å². The molecule has 2 aromatic rings. The molecule has 0 unspecified atom stereocenters. The molecular formula is C10H12BrN5. The summed E-state index contributed by atoms with van der Waals surface area (Å²) < 4.78 is 2.58. The molecule has 16 heavy (non-hydrogen) atoms. The maximum Gasteiger partial charge on any atom is 0.179 e. The van der Waals surface area contributed by atoms with Crippen LogP contribution in [0.5, 0.6) is 0 Å². The van der Waals surface area contributed by atoms with Gasteiger partial charge in [0.15, 0.2) is 5.82 Å². The van der Waals surface area contributed by atoms with Crippen molar-refractivity contribution in [1.82, 2.24) is 19.7 Å². The molecule has 0 saturated carbocycles. The summed E-state index contributed by atoms with van der Waals surface area (Å²) in [5.74, 6) is 1.04. The number of aromatic nitrogens is 4. The average molecular weight is 282 g/mol. The molecule has 0 atom stereocenters. The van der Waals surface area contributed by atoms with Gasteiger partial charge in [-0.25, -0.2) is 9.97 Å². The highest BCUT2D eigenvalue weighted by molar-refractivity contribution is 9.10. The molecular weight excluding hydrogens is 270 g/mol. The standard InChI is InChI=1S/C10H12BrN5/c1-2-5-16-8(3-4-14-16)10-13-6-7(11)9(12)15-10/h3-4,6H,2,5H2,1H3,(H2,12,13,15). The molecule has 84 valence electrons. The summed E-state index contributed by atoms with van der Waals surface area (Å²) >= 11 is 3.27. The second-order valence-electron chi connectivity index (χ2n) is 3.37. The lowest BCUT2D eigenvalue weighted by Gasteiger charge is -2.05. The lowest BCUT2D eigenvalue weighted by Crippen LogP contribution is -2.04. The van der Waals surface area contributed by atoms with Crippen molar-refractivity contribution in [2.75, 3.05) is 5.73 Å². The Hall–Kier alpha value is -1.43. The lowest BCUT2D eigenvalue weighted by atomic mass is 10.3. The Labute approximate surface area is 102 Å². The lowest BCUT2D eigenvalue weighted by molar-refractivity contribution is 0.606. The third-order valence-corrected chi connectivity index (χ3v) is 2.76. The maximum atomic E-state index is 5.72. The van der Waals surface area contributed by atoms with Crippen molar-refractivity contribution in [3.05, 3.63) is 22.9 Å². The van der Waals surface area contributed by atoms with Crippen LogP contribution in [-0.2, 0) is 6.54 Å². The molecule has 0 bridgehead atoms. The first-order valence-corrected chi connectivity index (χ1v) is 5.82. The van der Waals surface area contributed by atoms with E-state index in [1.807, 2.05) is 10.7 Å². The molecule has 0 fully saturated rings. The van der Waals surface area contributed by atoms with Crippen LogP contribution in [0.1, 0.15) is 13.3 Å². The van der Waals surface area contributed by atoms with E-state index < -0.39 is 0 Å². The van der Waals surface area contributed by atoms with Crippen LogP contribution in [0.3, 0.4) is 0 Å². The average Bonchev–Trinajstić information content (AvgIpc) is 2.71. The molecule has 0 aliphatic rings. The SMILES string of the molecule is CCCn1nccc1-c1ncc(Br)c(N)n1. The van der Waals surface area contributed by atoms with Crippen molar-refractivity contribution in [3.63, 3.8) is 0 Å². The molecule has 2 rings (SSSR count). The minimum atomic E-state index is 0.439. The van der Waals surface area contributed by atoms with Crippen molar-refractivity contribution in [3.8, 4) is 11.5 Å². The minimum Gasteiger partial charge on any atom is -0.383 e. The second-order valence-corrected chi connectivity index (χ2v) is 4.22. The number of anilines is 1. The molecule has 2 aromatic heterocycles. The van der Waals surface area contributed by atoms with Gasteiger partial charge in [0.25, 0.3) is 0 Å². The van der Waals surface area contributed by atoms with Crippen molar-refractivity contribution in [2.24, 2.45) is 0 Å². The topological polar surface area (TPSA) is 69.6 Å². The summed E-state index contributed by atoms with van der Waals surface area (Å²) in [6.07, 6.45) is 4.41. The van der Waals surface area contributed by atoms with Crippen LogP contribution in [0.2, 0.25) is 0 Å². The molecule has 2 N–H and O–H groups in total. The number of rotatable bonds is 3. The van der Waals surface area contributed by atoms with E-state index in [0.717, 1.165) is 18.7 Å². The molecule has 0 amide bonds. The number of nitrogens with two attached hydrogens (primary N) is 1. The van der Waals surface area contributed by atoms with E-state index in [1.165, 1.54) is 0 Å². The fourth-order valence-electron chi connectivity index (χ4n) is 1.42. The number of hydrogen-bond acceptors (Lipinski definition) is 4. The van der Waals surface area contributed by atoms with Crippen molar-refractivity contribution < 1.29 is 0 Å². The van der Waals surface area contributed by atoms with Crippen LogP contribution in [0.15, 0.2) is 22.9 Å². The molecule has 2 heterocycles. The summed E-state index contributed by atoms with van der Waals surface area (Å²) in [7, 11) is 0. The van der Waals surface area contributed by atoms with Gasteiger partial charge in [-0.15, -0.1) is 0 Å². The number of aryl methyl sites for hydroxylation is 1. The molecule has 6 heteroatoms. The van der Waals surface area contributed by atoms with E-state index in [9.17, 15) is 0 Å². The van der Waals surface area contributed by atoms with E-state index in [-0.39, 0.29) is 0 Å². The fourth-order valence-corrected chi connectivity index (χ4v) is 1.61. The van der Waals surface area contributed by atoms with Gasteiger partial charge >= 0.3 is 0 Å². The normalized spacial score (nSPS) is 10.6. The molecule has 0 aliphatic carbocycles. The predicted octanol–water partition coefficient (Wildman–Crippen LogP) is 2.09. The van der Waals surface area contributed by atoms with Gasteiger partial charge < -0.3 is 5.73 Å². The van der Waals surface area contributed by atoms with Gasteiger partial charge in [-0.3, -0.25) is 4.68 Å². The first kappa shape index (κ1) is 11.1. The van der Waals surface area contributed by atoms with E-state index in [0.29, 0.717) is 16.1 Å². The van der Waals surface area contributed by atoms with Crippen LogP contribution in [0, 0.1) is 0 Å². The molecule has 5 nitrogen and oxygen atoms in total. The second kappa shape index (κ2) is 4.61. The van der Waals surface area contributed by atoms with Gasteiger partial charge in [-0.2, -0.15) is 5.10 Å². The fraction of sp³-hybridized carbons (Fsp3) is 0.300. The number of hydrogen-bond donors (Lipinski definition) is 1. The number of nitrogen functional groups attached to an aromatic ring is 1. The van der Waals surface area contributed by atoms with Gasteiger partial charge in [-0.05, 0) is 28.4 Å². The maximum absolute atomic E-state index is 5.72. The zero-order chi connectivity index (χ0) is 11.5. The smallest absolute Gasteiger partial charge is 0.179 e. The molecule has 0 aliphatic heterocycles. The Kier molecular flexibility index (Phi) is 3.19. The highest BCUT2D eigenvalue weighted by atomic mass is 79.9. The van der Waals surface area contributed by atoms with Crippen molar-refractivity contribution in [2.45, 2.75) is 19.9 Å². The summed E-state index contributed by atoms with van der Waals surface area (Å²) in [5, 5.41) is 4.22. The van der Waals surface area contributed by atoms with Crippen LogP contribution in [0.4, 0.5) is 5.82 Å². The summed E-state index contributed by atoms with van der Waals surface area (Å²) in [5.41, 5.74) is 6.61. The molecule has 0 radical (unpaired) electrons. The Morgan fingerprint density at radius 1 is 1.50 bits per heavy atom. The third kappa shape index (κ3) is 2.06. The molecule has 0 saturated heterocycles. The zero-order valence-electron chi connectivity index (χ0n) is 8.89. The van der Waals surface area contributed by atoms with Gasteiger partial charge in [-0.1, -0.05) is 6.92 Å². The summed E-state index contributed by atoms with van der Waals surface area (Å²) in [6, 6.07) is 1.89. The Morgan fingerprint density at radius 3 is 3.00 bits per heavy atom. The monoisotopic (exact) mass is 281 g/mol. The molecule has 0 spiro atoms. The van der Waals surface area contributed by atoms with Crippen LogP contribution < -0.4 is 5.73 Å². The first-order valence-electron chi connectivity index (χ1n) is 5.02. The van der Waals surface area contributed by atoms with Crippen LogP contribution in [-0.4, -0.2) is 19.7 Å². The Morgan fingerprint density at radius 2 is 2.31 bits per heavy atom. The van der Waals surface area contributed by atoms with Crippen LogP contribution in [0.25, 0.3) is 11.5 Å². The highest BCUT2D eigenvalue weighted by Crippen LogP contribution is 2.20. The van der Waals surface area contributed by atoms with Crippen LogP contribution >= 0.6 is 15.9 Å². The quantitative estimate of drug-likeness (QED) is 0.935. The first-order chi connectivity index (χ1) is 7.72. The predicted molar refractivity (Wildman–Crippen MR) is 65.7 cm³/mol. The third-order valence-electron chi connectivity index (χ3n) is 2.15. The van der Waals surface area contributed by atoms with E-state index in [1.54, 1.807) is 12.4 Å². The highest BCUT2D eigenvalue weighted by Gasteiger charge is 2.09. The summed E-state index contributed by atoms with van der Waals surface area (Å²) in [6.45, 7) is 2.95. The number of halogens is 1. The Bertz CT molecular complexity index is 494. The van der Waals surface area contributed by atoms with Gasteiger partial charge in [0.05, 0.1) is 4.47 Å². The van der Waals surface area contributed by atoms with Gasteiger partial charge in [0.2, 0.25) is 0 Å². The van der Waals surface area contributed by atoms with Crippen molar-refractivity contribution in [1.29, 1.82) is 0 Å². The zero-order valence-corrected chi connectivity index (χ0v) is 10.5. The van der Waals surface area contributed by atoms with Crippen molar-refractivity contribution >= 4 is 21.7 Å². The van der Waals surface area contributed by atoms with E-state index >= 15 is 0 Å². The van der Waals surface area contributed by atoms with E-state index in [4.69, 9.17) is 5.73 Å².